The van der Waals surface area contributed by atoms with E-state index in [1.807, 2.05) is 4.83 Å². The molecule has 1 unspecified atom stereocenters. The van der Waals surface area contributed by atoms with Crippen LogP contribution in [0.4, 0.5) is 17.6 Å². The molecule has 0 aliphatic heterocycles. The van der Waals surface area contributed by atoms with Gasteiger partial charge in [-0.15, -0.1) is 34.7 Å². The minimum absolute atomic E-state index is 0.0985. The zero-order chi connectivity index (χ0) is 30.8. The Balaban J connectivity index is 1.50. The standard InChI is InChI=1S/C24H18F4N6O6S3/c25-19-8-4-15(10-29-19)14-3-7-17-18(9-14)41-23(31-17)22(13-1-5-16(6-2-13)40-24(26,27)28)43(37,38)12-21-33-32-20(39-21)11-30-34-42(35)36/h1-10,22,30,42H,11-12H2,(H,34,35,36). The summed E-state index contributed by atoms with van der Waals surface area (Å²) in [4.78, 5) is 10.1. The van der Waals surface area contributed by atoms with Gasteiger partial charge in [0.1, 0.15) is 21.8 Å². The van der Waals surface area contributed by atoms with E-state index < -0.39 is 49.8 Å². The Kier molecular flexibility index (Phi) is 8.69. The van der Waals surface area contributed by atoms with Gasteiger partial charge in [0.25, 0.3) is 0 Å². The monoisotopic (exact) mass is 658 g/mol. The van der Waals surface area contributed by atoms with Gasteiger partial charge in [0, 0.05) is 11.8 Å². The molecule has 2 aromatic carbocycles. The van der Waals surface area contributed by atoms with Crippen molar-refractivity contribution in [2.75, 3.05) is 0 Å². The van der Waals surface area contributed by atoms with Crippen molar-refractivity contribution in [3.63, 3.8) is 0 Å². The highest BCUT2D eigenvalue weighted by molar-refractivity contribution is 7.91. The molecule has 0 radical (unpaired) electrons. The smallest absolute Gasteiger partial charge is 0.423 e. The number of thiol groups is 1. The topological polar surface area (TPSA) is 166 Å². The number of rotatable bonds is 11. The number of alkyl halides is 3. The number of thiazole rings is 1. The molecule has 1 atom stereocenters. The average Bonchev–Trinajstić information content (AvgIpc) is 3.54. The molecule has 2 N–H and O–H groups in total. The van der Waals surface area contributed by atoms with Crippen molar-refractivity contribution in [1.82, 2.24) is 30.4 Å². The first-order chi connectivity index (χ1) is 20.4. The molecule has 5 aromatic rings. The van der Waals surface area contributed by atoms with Crippen LogP contribution in [0.3, 0.4) is 0 Å². The van der Waals surface area contributed by atoms with Gasteiger partial charge < -0.3 is 9.15 Å². The fourth-order valence-electron chi connectivity index (χ4n) is 3.98. The van der Waals surface area contributed by atoms with Crippen LogP contribution in [0, 0.1) is 5.95 Å². The fourth-order valence-corrected chi connectivity index (χ4v) is 7.35. The number of nitrogens with zero attached hydrogens (tertiary/aromatic N) is 4. The molecule has 226 valence electrons. The van der Waals surface area contributed by atoms with E-state index >= 15 is 0 Å². The first-order valence-electron chi connectivity index (χ1n) is 11.9. The predicted octanol–water partition coefficient (Wildman–Crippen LogP) is 3.60. The molecule has 0 saturated carbocycles. The Morgan fingerprint density at radius 1 is 1.00 bits per heavy atom. The third-order valence-electron chi connectivity index (χ3n) is 5.71. The molecule has 0 amide bonds. The Labute approximate surface area is 245 Å². The van der Waals surface area contributed by atoms with Crippen LogP contribution in [-0.2, 0) is 33.0 Å². The molecule has 0 aliphatic carbocycles. The highest BCUT2D eigenvalue weighted by Gasteiger charge is 2.35. The lowest BCUT2D eigenvalue weighted by Crippen LogP contribution is -2.29. The van der Waals surface area contributed by atoms with E-state index in [1.165, 1.54) is 30.5 Å². The number of hydrogen-bond donors (Lipinski definition) is 3. The molecule has 0 fully saturated rings. The third kappa shape index (κ3) is 7.68. The molecular weight excluding hydrogens is 640 g/mol. The Morgan fingerprint density at radius 2 is 1.72 bits per heavy atom. The highest BCUT2D eigenvalue weighted by atomic mass is 32.2. The third-order valence-corrected chi connectivity index (χ3v) is 9.14. The van der Waals surface area contributed by atoms with E-state index in [4.69, 9.17) is 4.42 Å². The van der Waals surface area contributed by atoms with Crippen molar-refractivity contribution in [3.8, 4) is 16.9 Å². The maximum atomic E-state index is 13.8. The number of sulfone groups is 1. The van der Waals surface area contributed by atoms with Gasteiger partial charge in [0.2, 0.25) is 28.6 Å². The Morgan fingerprint density at radius 3 is 2.40 bits per heavy atom. The summed E-state index contributed by atoms with van der Waals surface area (Å²) in [7, 11) is -7.21. The summed E-state index contributed by atoms with van der Waals surface area (Å²) in [6, 6.07) is 12.2. The van der Waals surface area contributed by atoms with Crippen LogP contribution in [-0.4, -0.2) is 43.4 Å². The summed E-state index contributed by atoms with van der Waals surface area (Å²) >= 11 is 1.04. The quantitative estimate of drug-likeness (QED) is 0.0822. The lowest BCUT2D eigenvalue weighted by atomic mass is 10.1. The molecule has 0 bridgehead atoms. The van der Waals surface area contributed by atoms with E-state index in [9.17, 15) is 34.4 Å². The predicted molar refractivity (Wildman–Crippen MR) is 145 cm³/mol. The van der Waals surface area contributed by atoms with Crippen LogP contribution in [0.25, 0.3) is 21.3 Å². The highest BCUT2D eigenvalue weighted by Crippen LogP contribution is 2.39. The average molecular weight is 659 g/mol. The molecule has 12 nitrogen and oxygen atoms in total. The normalized spacial score (nSPS) is 13.0. The molecule has 3 aromatic heterocycles. The number of halogens is 4. The molecule has 0 aliphatic rings. The largest absolute Gasteiger partial charge is 0.573 e. The molecule has 19 heteroatoms. The van der Waals surface area contributed by atoms with Gasteiger partial charge in [-0.1, -0.05) is 18.2 Å². The number of pyridine rings is 1. The number of ether oxygens (including phenoxy) is 1. The Hall–Kier alpha value is -4.04. The maximum Gasteiger partial charge on any atom is 0.573 e. The number of hydrazine groups is 1. The van der Waals surface area contributed by atoms with Crippen molar-refractivity contribution in [2.45, 2.75) is 23.9 Å². The number of benzene rings is 2. The first kappa shape index (κ1) is 30.4. The summed E-state index contributed by atoms with van der Waals surface area (Å²) in [6.07, 6.45) is -3.59. The maximum absolute atomic E-state index is 13.8. The van der Waals surface area contributed by atoms with Gasteiger partial charge in [-0.25, -0.2) is 32.2 Å². The second kappa shape index (κ2) is 12.3. The van der Waals surface area contributed by atoms with Crippen LogP contribution >= 0.6 is 11.3 Å². The van der Waals surface area contributed by atoms with Gasteiger partial charge >= 0.3 is 6.36 Å². The second-order valence-corrected chi connectivity index (χ2v) is 12.6. The van der Waals surface area contributed by atoms with Crippen molar-refractivity contribution >= 4 is 42.3 Å². The summed E-state index contributed by atoms with van der Waals surface area (Å²) in [6.45, 7) is -0.232. The molecule has 3 heterocycles. The first-order valence-corrected chi connectivity index (χ1v) is 15.6. The summed E-state index contributed by atoms with van der Waals surface area (Å²) in [5.74, 6) is -2.38. The molecule has 0 saturated heterocycles. The molecule has 43 heavy (non-hydrogen) atoms. The lowest BCUT2D eigenvalue weighted by molar-refractivity contribution is -0.274. The Bertz CT molecular complexity index is 1920. The minimum atomic E-state index is -4.94. The van der Waals surface area contributed by atoms with Gasteiger partial charge in [0.05, 0.1) is 16.8 Å². The van der Waals surface area contributed by atoms with E-state index in [-0.39, 0.29) is 28.9 Å². The van der Waals surface area contributed by atoms with E-state index in [1.54, 1.807) is 18.2 Å². The minimum Gasteiger partial charge on any atom is -0.423 e. The van der Waals surface area contributed by atoms with Crippen molar-refractivity contribution in [3.05, 3.63) is 89.1 Å². The number of nitrogens with one attached hydrogen (secondary N) is 2. The summed E-state index contributed by atoms with van der Waals surface area (Å²) in [5.41, 5.74) is 4.13. The summed E-state index contributed by atoms with van der Waals surface area (Å²) in [5, 5.41) is 6.04. The fraction of sp³-hybridized carbons (Fsp3) is 0.167. The molecular formula is C24H18F4N6O6S3. The van der Waals surface area contributed by atoms with Gasteiger partial charge in [-0.2, -0.15) is 9.22 Å². The zero-order valence-corrected chi connectivity index (χ0v) is 23.8. The van der Waals surface area contributed by atoms with Crippen molar-refractivity contribution in [1.29, 1.82) is 0 Å². The molecule has 5 rings (SSSR count). The SMILES string of the molecule is O=[SH](=O)NNCc1nnc(CS(=O)(=O)C(c2ccc(OC(F)(F)F)cc2)c2nc3ccc(-c4ccc(F)nc4)cc3s2)o1. The van der Waals surface area contributed by atoms with Crippen LogP contribution in [0.1, 0.15) is 27.6 Å². The van der Waals surface area contributed by atoms with Gasteiger partial charge in [-0.05, 0) is 47.5 Å². The van der Waals surface area contributed by atoms with E-state index in [2.05, 4.69) is 30.3 Å². The molecule has 0 spiro atoms. The number of fused-ring (bicyclic) bond motifs is 1. The summed E-state index contributed by atoms with van der Waals surface area (Å²) < 4.78 is 110. The van der Waals surface area contributed by atoms with Crippen LogP contribution in [0.2, 0.25) is 0 Å². The number of hydrogen-bond acceptors (Lipinski definition) is 12. The van der Waals surface area contributed by atoms with Gasteiger partial charge in [-0.3, -0.25) is 0 Å². The van der Waals surface area contributed by atoms with Crippen molar-refractivity contribution in [2.24, 2.45) is 0 Å². The lowest BCUT2D eigenvalue weighted by Gasteiger charge is -2.16. The van der Waals surface area contributed by atoms with Crippen LogP contribution < -0.4 is 15.0 Å². The zero-order valence-electron chi connectivity index (χ0n) is 21.3. The number of aromatic nitrogens is 4. The van der Waals surface area contributed by atoms with Gasteiger partial charge in [0.15, 0.2) is 9.84 Å². The van der Waals surface area contributed by atoms with Crippen molar-refractivity contribution < 1.29 is 43.6 Å². The second-order valence-electron chi connectivity index (χ2n) is 8.72. The van der Waals surface area contributed by atoms with Crippen LogP contribution in [0.15, 0.2) is 65.2 Å². The van der Waals surface area contributed by atoms with E-state index in [0.29, 0.717) is 21.3 Å². The van der Waals surface area contributed by atoms with Crippen LogP contribution in [0.5, 0.6) is 5.75 Å². The van der Waals surface area contributed by atoms with E-state index in [0.717, 1.165) is 23.5 Å².